The summed E-state index contributed by atoms with van der Waals surface area (Å²) in [6.45, 7) is 5.93. The van der Waals surface area contributed by atoms with Gasteiger partial charge in [0, 0.05) is 30.8 Å². The zero-order valence-corrected chi connectivity index (χ0v) is 10.4. The Labute approximate surface area is 102 Å². The molecule has 3 rings (SSSR count). The van der Waals surface area contributed by atoms with Crippen molar-refractivity contribution >= 4 is 11.6 Å². The monoisotopic (exact) mass is 235 g/mol. The van der Waals surface area contributed by atoms with Gasteiger partial charge in [0.2, 0.25) is 0 Å². The maximum atomic E-state index is 12.2. The second-order valence-corrected chi connectivity index (χ2v) is 6.10. The quantitative estimate of drug-likeness (QED) is 0.722. The van der Waals surface area contributed by atoms with Crippen molar-refractivity contribution in [3.8, 4) is 0 Å². The maximum Gasteiger partial charge on any atom is 0.160 e. The molecule has 0 amide bonds. The summed E-state index contributed by atoms with van der Waals surface area (Å²) in [5, 5.41) is 6.53. The molecule has 2 aliphatic carbocycles. The number of Topliss-reactive ketones (excluding diaryl/α,β-unsaturated/α-hetero) is 2. The average Bonchev–Trinajstić information content (AvgIpc) is 2.63. The molecule has 1 aliphatic heterocycles. The Hall–Kier alpha value is -0.740. The highest BCUT2D eigenvalue weighted by Gasteiger charge is 2.68. The van der Waals surface area contributed by atoms with Gasteiger partial charge in [-0.2, -0.15) is 0 Å². The molecule has 0 aromatic rings. The van der Waals surface area contributed by atoms with Crippen molar-refractivity contribution in [3.63, 3.8) is 0 Å². The van der Waals surface area contributed by atoms with Crippen LogP contribution < -0.4 is 10.6 Å². The third kappa shape index (κ3) is 1.66. The van der Waals surface area contributed by atoms with Crippen LogP contribution in [-0.4, -0.2) is 30.7 Å². The number of rotatable bonds is 2. The number of hydrogen-bond donors (Lipinski definition) is 2. The summed E-state index contributed by atoms with van der Waals surface area (Å²) in [6.07, 6.45) is 1.35. The molecule has 0 bridgehead atoms. The largest absolute Gasteiger partial charge is 0.315 e. The smallest absolute Gasteiger partial charge is 0.160 e. The zero-order chi connectivity index (χ0) is 12.2. The Morgan fingerprint density at radius 3 is 2.71 bits per heavy atom. The van der Waals surface area contributed by atoms with Crippen LogP contribution in [0.15, 0.2) is 0 Å². The number of carbonyl (C=O) groups excluding carboxylic acids is 2. The van der Waals surface area contributed by atoms with E-state index in [1.54, 1.807) is 0 Å². The third-order valence-corrected chi connectivity index (χ3v) is 4.54. The van der Waals surface area contributed by atoms with Gasteiger partial charge in [0.05, 0.1) is 0 Å². The molecule has 3 fully saturated rings. The molecule has 0 aromatic carbocycles. The molecule has 0 spiro atoms. The highest BCUT2D eigenvalue weighted by molar-refractivity contribution is 6.10. The minimum Gasteiger partial charge on any atom is -0.315 e. The predicted molar refractivity (Wildman–Crippen MR) is 63.0 cm³/mol. The Kier molecular flexibility index (Phi) is 2.42. The van der Waals surface area contributed by atoms with E-state index in [1.807, 2.05) is 13.8 Å². The van der Waals surface area contributed by atoms with E-state index in [-0.39, 0.29) is 28.8 Å². The van der Waals surface area contributed by atoms with E-state index in [0.717, 1.165) is 19.5 Å². The number of fused-ring (bicyclic) bond motifs is 1. The van der Waals surface area contributed by atoms with Gasteiger partial charge in [-0.05, 0) is 18.4 Å². The van der Waals surface area contributed by atoms with Crippen LogP contribution >= 0.6 is 0 Å². The maximum absolute atomic E-state index is 12.2. The lowest BCUT2D eigenvalue weighted by Gasteiger charge is -2.22. The summed E-state index contributed by atoms with van der Waals surface area (Å²) in [7, 11) is 0. The van der Waals surface area contributed by atoms with Gasteiger partial charge < -0.3 is 5.32 Å². The average molecular weight is 235 g/mol. The lowest BCUT2D eigenvalue weighted by atomic mass is 9.92. The van der Waals surface area contributed by atoms with Crippen LogP contribution in [-0.2, 0) is 9.59 Å². The zero-order valence-electron chi connectivity index (χ0n) is 10.4. The summed E-state index contributed by atoms with van der Waals surface area (Å²) in [5.41, 5.74) is -0.106. The van der Waals surface area contributed by atoms with Crippen molar-refractivity contribution in [3.05, 3.63) is 6.04 Å². The SMILES string of the molecule is CC1(C)C2C(=O)C[C](NC3CCNC3)C(=O)C21. The van der Waals surface area contributed by atoms with Crippen LogP contribution in [0.5, 0.6) is 0 Å². The van der Waals surface area contributed by atoms with Crippen molar-refractivity contribution < 1.29 is 9.59 Å². The predicted octanol–water partition coefficient (Wildman–Crippen LogP) is 0.284. The molecule has 2 N–H and O–H groups in total. The molecule has 17 heavy (non-hydrogen) atoms. The summed E-state index contributed by atoms with van der Waals surface area (Å²) in [4.78, 5) is 24.2. The van der Waals surface area contributed by atoms with Gasteiger partial charge in [0.1, 0.15) is 11.8 Å². The fraction of sp³-hybridized carbons (Fsp3) is 0.769. The fourth-order valence-electron chi connectivity index (χ4n) is 3.43. The molecule has 3 aliphatic rings. The van der Waals surface area contributed by atoms with Gasteiger partial charge in [0.25, 0.3) is 0 Å². The highest BCUT2D eigenvalue weighted by Crippen LogP contribution is 2.62. The van der Waals surface area contributed by atoms with Gasteiger partial charge in [-0.3, -0.25) is 14.9 Å². The van der Waals surface area contributed by atoms with Crippen molar-refractivity contribution in [1.29, 1.82) is 0 Å². The minimum absolute atomic E-state index is 0.0118. The number of hydrogen-bond acceptors (Lipinski definition) is 4. The number of carbonyl (C=O) groups is 2. The topological polar surface area (TPSA) is 58.2 Å². The van der Waals surface area contributed by atoms with Crippen LogP contribution in [0.25, 0.3) is 0 Å². The number of nitrogens with one attached hydrogen (secondary N) is 2. The Morgan fingerprint density at radius 2 is 2.06 bits per heavy atom. The van der Waals surface area contributed by atoms with Gasteiger partial charge in [0.15, 0.2) is 5.78 Å². The van der Waals surface area contributed by atoms with E-state index in [9.17, 15) is 9.59 Å². The van der Waals surface area contributed by atoms with E-state index < -0.39 is 0 Å². The number of ketones is 2. The van der Waals surface area contributed by atoms with Crippen molar-refractivity contribution in [2.45, 2.75) is 32.7 Å². The summed E-state index contributed by atoms with van der Waals surface area (Å²) in [5.74, 6) is 0.363. The summed E-state index contributed by atoms with van der Waals surface area (Å²) >= 11 is 0. The molecule has 1 heterocycles. The first-order valence-corrected chi connectivity index (χ1v) is 6.42. The van der Waals surface area contributed by atoms with E-state index in [0.29, 0.717) is 18.5 Å². The highest BCUT2D eigenvalue weighted by atomic mass is 16.1. The molecule has 1 radical (unpaired) electrons. The Balaban J connectivity index is 1.70. The van der Waals surface area contributed by atoms with Gasteiger partial charge in [-0.1, -0.05) is 13.8 Å². The fourth-order valence-corrected chi connectivity index (χ4v) is 3.43. The first kappa shape index (κ1) is 11.4. The second kappa shape index (κ2) is 3.62. The molecule has 3 atom stereocenters. The van der Waals surface area contributed by atoms with Crippen LogP contribution in [0.3, 0.4) is 0 Å². The van der Waals surface area contributed by atoms with Crippen LogP contribution in [0.1, 0.15) is 26.7 Å². The standard InChI is InChI=1S/C13H19N2O2/c1-13(2)10-9(16)5-8(12(17)11(10)13)15-7-3-4-14-6-7/h7,10-11,14-15H,3-6H2,1-2H3. The van der Waals surface area contributed by atoms with E-state index >= 15 is 0 Å². The molecular formula is C13H19N2O2. The van der Waals surface area contributed by atoms with Crippen LogP contribution in [0.2, 0.25) is 0 Å². The molecule has 0 aromatic heterocycles. The van der Waals surface area contributed by atoms with Crippen molar-refractivity contribution in [1.82, 2.24) is 10.6 Å². The molecule has 93 valence electrons. The lowest BCUT2D eigenvalue weighted by Crippen LogP contribution is -2.42. The molecule has 1 saturated heterocycles. The van der Waals surface area contributed by atoms with Crippen molar-refractivity contribution in [2.75, 3.05) is 13.1 Å². The third-order valence-electron chi connectivity index (χ3n) is 4.54. The normalized spacial score (nSPS) is 40.5. The first-order chi connectivity index (χ1) is 8.01. The van der Waals surface area contributed by atoms with E-state index in [4.69, 9.17) is 0 Å². The van der Waals surface area contributed by atoms with Gasteiger partial charge in [-0.15, -0.1) is 0 Å². The molecular weight excluding hydrogens is 216 g/mol. The molecule has 4 nitrogen and oxygen atoms in total. The van der Waals surface area contributed by atoms with Crippen LogP contribution in [0, 0.1) is 23.3 Å². The summed E-state index contributed by atoms with van der Waals surface area (Å²) in [6, 6.07) is 0.982. The van der Waals surface area contributed by atoms with E-state index in [1.165, 1.54) is 0 Å². The van der Waals surface area contributed by atoms with Crippen LogP contribution in [0.4, 0.5) is 0 Å². The lowest BCUT2D eigenvalue weighted by molar-refractivity contribution is -0.128. The van der Waals surface area contributed by atoms with E-state index in [2.05, 4.69) is 10.6 Å². The molecule has 4 heteroatoms. The Bertz CT molecular complexity index is 372. The second-order valence-electron chi connectivity index (χ2n) is 6.10. The van der Waals surface area contributed by atoms with Crippen molar-refractivity contribution in [2.24, 2.45) is 17.3 Å². The summed E-state index contributed by atoms with van der Waals surface area (Å²) < 4.78 is 0. The van der Waals surface area contributed by atoms with Gasteiger partial charge in [-0.25, -0.2) is 0 Å². The first-order valence-electron chi connectivity index (χ1n) is 6.42. The van der Waals surface area contributed by atoms with Gasteiger partial charge >= 0.3 is 0 Å². The Morgan fingerprint density at radius 1 is 1.29 bits per heavy atom. The minimum atomic E-state index is -0.106. The molecule has 3 unspecified atom stereocenters. The molecule has 2 saturated carbocycles.